The summed E-state index contributed by atoms with van der Waals surface area (Å²) < 4.78 is 0. The molecule has 0 unspecified atom stereocenters. The molecule has 6 heteroatoms. The second kappa shape index (κ2) is 6.39. The van der Waals surface area contributed by atoms with Crippen LogP contribution in [0.2, 0.25) is 0 Å². The summed E-state index contributed by atoms with van der Waals surface area (Å²) in [4.78, 5) is 16.3. The monoisotopic (exact) mass is 309 g/mol. The lowest BCUT2D eigenvalue weighted by Gasteiger charge is -2.25. The van der Waals surface area contributed by atoms with Gasteiger partial charge in [-0.25, -0.2) is 0 Å². The zero-order valence-electron chi connectivity index (χ0n) is 12.9. The molecule has 0 fully saturated rings. The third-order valence-electron chi connectivity index (χ3n) is 3.67. The van der Waals surface area contributed by atoms with Crippen molar-refractivity contribution in [3.05, 3.63) is 54.0 Å². The van der Waals surface area contributed by atoms with Gasteiger partial charge in [-0.15, -0.1) is 0 Å². The quantitative estimate of drug-likeness (QED) is 0.691. The van der Waals surface area contributed by atoms with E-state index in [4.69, 9.17) is 5.73 Å². The number of rotatable bonds is 4. The van der Waals surface area contributed by atoms with Crippen molar-refractivity contribution in [2.24, 2.45) is 5.73 Å². The SMILES string of the molecule is CCCNC(=O)C1=C(N)c2cccc(-c3cccnc3)c2NN1. The van der Waals surface area contributed by atoms with E-state index in [1.54, 1.807) is 12.4 Å². The first-order valence-electron chi connectivity index (χ1n) is 7.56. The Morgan fingerprint density at radius 1 is 1.22 bits per heavy atom. The maximum absolute atomic E-state index is 12.2. The van der Waals surface area contributed by atoms with Crippen molar-refractivity contribution < 1.29 is 4.79 Å². The summed E-state index contributed by atoms with van der Waals surface area (Å²) in [7, 11) is 0. The maximum Gasteiger partial charge on any atom is 0.271 e. The lowest BCUT2D eigenvalue weighted by molar-refractivity contribution is -0.117. The number of pyridine rings is 1. The molecule has 23 heavy (non-hydrogen) atoms. The van der Waals surface area contributed by atoms with Gasteiger partial charge in [0.2, 0.25) is 0 Å². The van der Waals surface area contributed by atoms with Gasteiger partial charge in [0, 0.05) is 35.6 Å². The molecule has 0 aliphatic carbocycles. The fourth-order valence-corrected chi connectivity index (χ4v) is 2.51. The number of anilines is 1. The van der Waals surface area contributed by atoms with Gasteiger partial charge in [-0.2, -0.15) is 0 Å². The van der Waals surface area contributed by atoms with Crippen LogP contribution in [0.5, 0.6) is 0 Å². The molecule has 0 atom stereocenters. The van der Waals surface area contributed by atoms with Crippen molar-refractivity contribution in [1.82, 2.24) is 15.7 Å². The maximum atomic E-state index is 12.2. The average Bonchev–Trinajstić information content (AvgIpc) is 2.60. The first-order valence-corrected chi connectivity index (χ1v) is 7.56. The van der Waals surface area contributed by atoms with Gasteiger partial charge >= 0.3 is 0 Å². The van der Waals surface area contributed by atoms with Crippen LogP contribution in [-0.4, -0.2) is 17.4 Å². The number of nitrogens with zero attached hydrogens (tertiary/aromatic N) is 1. The van der Waals surface area contributed by atoms with E-state index in [-0.39, 0.29) is 5.91 Å². The van der Waals surface area contributed by atoms with Crippen LogP contribution in [0.3, 0.4) is 0 Å². The number of nitrogens with one attached hydrogen (secondary N) is 3. The third-order valence-corrected chi connectivity index (χ3v) is 3.67. The minimum atomic E-state index is -0.214. The van der Waals surface area contributed by atoms with E-state index in [0.717, 1.165) is 28.8 Å². The van der Waals surface area contributed by atoms with Crippen LogP contribution >= 0.6 is 0 Å². The Morgan fingerprint density at radius 3 is 2.78 bits per heavy atom. The fraction of sp³-hybridized carbons (Fsp3) is 0.176. The average molecular weight is 309 g/mol. The Labute approximate surface area is 134 Å². The second-order valence-electron chi connectivity index (χ2n) is 5.26. The molecule has 6 nitrogen and oxygen atoms in total. The minimum absolute atomic E-state index is 0.214. The molecule has 0 radical (unpaired) electrons. The van der Waals surface area contributed by atoms with Gasteiger partial charge in [0.15, 0.2) is 0 Å². The number of hydrogen-bond acceptors (Lipinski definition) is 5. The van der Waals surface area contributed by atoms with Crippen LogP contribution in [0.4, 0.5) is 5.69 Å². The summed E-state index contributed by atoms with van der Waals surface area (Å²) in [5.41, 5.74) is 16.6. The summed E-state index contributed by atoms with van der Waals surface area (Å²) in [6.07, 6.45) is 4.39. The molecular formula is C17H19N5O. The van der Waals surface area contributed by atoms with Crippen molar-refractivity contribution in [1.29, 1.82) is 0 Å². The highest BCUT2D eigenvalue weighted by molar-refractivity contribution is 6.04. The van der Waals surface area contributed by atoms with E-state index in [1.807, 2.05) is 37.3 Å². The number of hydrazine groups is 1. The largest absolute Gasteiger partial charge is 0.396 e. The molecule has 3 rings (SSSR count). The molecule has 1 amide bonds. The third kappa shape index (κ3) is 2.83. The molecular weight excluding hydrogens is 290 g/mol. The van der Waals surface area contributed by atoms with Gasteiger partial charge in [0.25, 0.3) is 5.91 Å². The Morgan fingerprint density at radius 2 is 2.04 bits per heavy atom. The highest BCUT2D eigenvalue weighted by atomic mass is 16.2. The standard InChI is InChI=1S/C17H19N5O/c1-2-8-20-17(23)16-14(18)13-7-3-6-12(15(13)21-22-16)11-5-4-9-19-10-11/h3-7,9-10,21-22H,2,8,18H2,1H3,(H,20,23). The number of aromatic nitrogens is 1. The van der Waals surface area contributed by atoms with Gasteiger partial charge in [-0.05, 0) is 12.5 Å². The predicted octanol–water partition coefficient (Wildman–Crippen LogP) is 1.83. The molecule has 118 valence electrons. The lowest BCUT2D eigenvalue weighted by Crippen LogP contribution is -2.39. The number of amides is 1. The zero-order valence-corrected chi connectivity index (χ0v) is 12.9. The number of para-hydroxylation sites is 1. The normalized spacial score (nSPS) is 12.9. The molecule has 0 bridgehead atoms. The zero-order chi connectivity index (χ0) is 16.2. The van der Waals surface area contributed by atoms with Crippen LogP contribution in [0.15, 0.2) is 48.4 Å². The predicted molar refractivity (Wildman–Crippen MR) is 90.8 cm³/mol. The molecule has 1 aliphatic heterocycles. The van der Waals surface area contributed by atoms with Crippen LogP contribution in [0, 0.1) is 0 Å². The van der Waals surface area contributed by atoms with Crippen LogP contribution < -0.4 is 21.9 Å². The van der Waals surface area contributed by atoms with Crippen LogP contribution in [0.1, 0.15) is 18.9 Å². The smallest absolute Gasteiger partial charge is 0.271 e. The molecule has 0 saturated heterocycles. The topological polar surface area (TPSA) is 92.1 Å². The number of benzene rings is 1. The fourth-order valence-electron chi connectivity index (χ4n) is 2.51. The van der Waals surface area contributed by atoms with Gasteiger partial charge in [0.1, 0.15) is 5.70 Å². The van der Waals surface area contributed by atoms with Gasteiger partial charge in [-0.1, -0.05) is 31.2 Å². The van der Waals surface area contributed by atoms with Crippen molar-refractivity contribution >= 4 is 17.3 Å². The Bertz CT molecular complexity index is 755. The highest BCUT2D eigenvalue weighted by Crippen LogP contribution is 2.35. The molecule has 2 aromatic rings. The number of fused-ring (bicyclic) bond motifs is 1. The van der Waals surface area contributed by atoms with E-state index in [1.165, 1.54) is 0 Å². The van der Waals surface area contributed by atoms with E-state index in [0.29, 0.717) is 17.9 Å². The molecule has 1 aromatic heterocycles. The second-order valence-corrected chi connectivity index (χ2v) is 5.26. The number of hydrogen-bond donors (Lipinski definition) is 4. The molecule has 2 heterocycles. The summed E-state index contributed by atoms with van der Waals surface area (Å²) >= 11 is 0. The van der Waals surface area contributed by atoms with Crippen molar-refractivity contribution in [2.75, 3.05) is 12.0 Å². The van der Waals surface area contributed by atoms with E-state index >= 15 is 0 Å². The van der Waals surface area contributed by atoms with Crippen molar-refractivity contribution in [3.63, 3.8) is 0 Å². The summed E-state index contributed by atoms with van der Waals surface area (Å²) in [5.74, 6) is -0.214. The molecule has 1 aliphatic rings. The molecule has 0 spiro atoms. The lowest BCUT2D eigenvalue weighted by atomic mass is 9.98. The summed E-state index contributed by atoms with van der Waals surface area (Å²) in [6.45, 7) is 2.61. The van der Waals surface area contributed by atoms with E-state index in [2.05, 4.69) is 21.2 Å². The van der Waals surface area contributed by atoms with Gasteiger partial charge in [0.05, 0.1) is 11.4 Å². The summed E-state index contributed by atoms with van der Waals surface area (Å²) in [5, 5.41) is 2.82. The van der Waals surface area contributed by atoms with E-state index < -0.39 is 0 Å². The van der Waals surface area contributed by atoms with E-state index in [9.17, 15) is 4.79 Å². The number of carbonyl (C=O) groups excluding carboxylic acids is 1. The first-order chi connectivity index (χ1) is 11.2. The summed E-state index contributed by atoms with van der Waals surface area (Å²) in [6, 6.07) is 9.66. The Kier molecular flexibility index (Phi) is 4.14. The first kappa shape index (κ1) is 14.9. The Balaban J connectivity index is 2.01. The molecule has 0 saturated carbocycles. The van der Waals surface area contributed by atoms with Crippen LogP contribution in [0.25, 0.3) is 16.8 Å². The Hall–Kier alpha value is -3.02. The van der Waals surface area contributed by atoms with Crippen molar-refractivity contribution in [3.8, 4) is 11.1 Å². The minimum Gasteiger partial charge on any atom is -0.396 e. The molecule has 1 aromatic carbocycles. The van der Waals surface area contributed by atoms with Crippen molar-refractivity contribution in [2.45, 2.75) is 13.3 Å². The van der Waals surface area contributed by atoms with Gasteiger partial charge < -0.3 is 11.1 Å². The van der Waals surface area contributed by atoms with Crippen LogP contribution in [-0.2, 0) is 4.79 Å². The number of nitrogens with two attached hydrogens (primary N) is 1. The highest BCUT2D eigenvalue weighted by Gasteiger charge is 2.23. The number of carbonyl (C=O) groups is 1. The van der Waals surface area contributed by atoms with Gasteiger partial charge in [-0.3, -0.25) is 20.6 Å². The molecule has 5 N–H and O–H groups in total.